The summed E-state index contributed by atoms with van der Waals surface area (Å²) in [6, 6.07) is 0. The van der Waals surface area contributed by atoms with Crippen LogP contribution in [0.2, 0.25) is 0 Å². The fourth-order valence-electron chi connectivity index (χ4n) is 0.508. The maximum absolute atomic E-state index is 10.7. The first-order chi connectivity index (χ1) is 4.75. The van der Waals surface area contributed by atoms with Gasteiger partial charge in [-0.2, -0.15) is 0 Å². The van der Waals surface area contributed by atoms with Gasteiger partial charge in [0.2, 0.25) is 5.69 Å². The lowest BCUT2D eigenvalue weighted by atomic mass is 10.4. The van der Waals surface area contributed by atoms with Crippen molar-refractivity contribution in [3.05, 3.63) is 12.0 Å². The summed E-state index contributed by atoms with van der Waals surface area (Å²) in [5, 5.41) is 14.4. The van der Waals surface area contributed by atoms with Gasteiger partial charge in [0.05, 0.1) is 0 Å². The minimum Gasteiger partial charge on any atom is -0.503 e. The lowest BCUT2D eigenvalue weighted by molar-refractivity contribution is 0.0952. The normalized spacial score (nSPS) is 9.30. The second-order valence-electron chi connectivity index (χ2n) is 1.63. The minimum absolute atomic E-state index is 0.0949. The molecule has 1 heterocycles. The Morgan fingerprint density at radius 2 is 2.60 bits per heavy atom. The Morgan fingerprint density at radius 3 is 3.00 bits per heavy atom. The first-order valence-electron chi connectivity index (χ1n) is 2.61. The van der Waals surface area contributed by atoms with Crippen LogP contribution >= 0.6 is 0 Å². The molecule has 1 amide bonds. The molecule has 10 heavy (non-hydrogen) atoms. The first kappa shape index (κ1) is 6.60. The Balaban J connectivity index is 2.93. The smallest absolute Gasteiger partial charge is 0.277 e. The van der Waals surface area contributed by atoms with Crippen molar-refractivity contribution < 1.29 is 14.4 Å². The molecule has 0 aliphatic rings. The molecule has 0 atom stereocenters. The molecule has 1 aromatic heterocycles. The van der Waals surface area contributed by atoms with Crippen LogP contribution in [0, 0.1) is 0 Å². The molecule has 0 saturated heterocycles. The first-order valence-corrected chi connectivity index (χ1v) is 2.61. The van der Waals surface area contributed by atoms with Crippen LogP contribution in [0.4, 0.5) is 0 Å². The van der Waals surface area contributed by atoms with Gasteiger partial charge in [0.25, 0.3) is 5.91 Å². The summed E-state index contributed by atoms with van der Waals surface area (Å²) in [5.74, 6) is -0.717. The molecule has 5 nitrogen and oxygen atoms in total. The van der Waals surface area contributed by atoms with Crippen molar-refractivity contribution in [2.45, 2.75) is 0 Å². The number of aromatic hydroxyl groups is 1. The maximum Gasteiger partial charge on any atom is 0.277 e. The Bertz CT molecular complexity index is 243. The van der Waals surface area contributed by atoms with E-state index in [1.807, 2.05) is 0 Å². The van der Waals surface area contributed by atoms with Gasteiger partial charge in [0.15, 0.2) is 12.0 Å². The Labute approximate surface area is 56.6 Å². The van der Waals surface area contributed by atoms with E-state index in [1.165, 1.54) is 7.05 Å². The number of rotatable bonds is 1. The molecule has 0 aliphatic carbocycles. The second kappa shape index (κ2) is 2.38. The molecule has 0 radical (unpaired) electrons. The third kappa shape index (κ3) is 0.928. The number of nitrogens with zero attached hydrogens (tertiary/aromatic N) is 1. The highest BCUT2D eigenvalue weighted by Crippen LogP contribution is 2.12. The van der Waals surface area contributed by atoms with Crippen LogP contribution < -0.4 is 5.32 Å². The average molecular weight is 142 g/mol. The van der Waals surface area contributed by atoms with Gasteiger partial charge in [-0.1, -0.05) is 5.16 Å². The van der Waals surface area contributed by atoms with Crippen molar-refractivity contribution in [3.63, 3.8) is 0 Å². The number of aromatic nitrogens is 1. The third-order valence-electron chi connectivity index (χ3n) is 0.993. The Morgan fingerprint density at radius 1 is 1.90 bits per heavy atom. The fraction of sp³-hybridized carbons (Fsp3) is 0.200. The zero-order chi connectivity index (χ0) is 7.56. The third-order valence-corrected chi connectivity index (χ3v) is 0.993. The van der Waals surface area contributed by atoms with Gasteiger partial charge >= 0.3 is 0 Å². The summed E-state index contributed by atoms with van der Waals surface area (Å²) < 4.78 is 4.31. The van der Waals surface area contributed by atoms with E-state index in [0.717, 1.165) is 6.26 Å². The summed E-state index contributed by atoms with van der Waals surface area (Å²) in [7, 11) is 1.44. The molecule has 1 rings (SSSR count). The average Bonchev–Trinajstić information content (AvgIpc) is 2.34. The molecule has 0 spiro atoms. The summed E-state index contributed by atoms with van der Waals surface area (Å²) in [6.45, 7) is 0. The van der Waals surface area contributed by atoms with Crippen molar-refractivity contribution in [1.29, 1.82) is 0 Å². The monoisotopic (exact) mass is 142 g/mol. The molecular formula is C5H6N2O3. The number of hydrogen-bond acceptors (Lipinski definition) is 4. The van der Waals surface area contributed by atoms with Crippen molar-refractivity contribution in [2.75, 3.05) is 7.05 Å². The van der Waals surface area contributed by atoms with Crippen LogP contribution in [-0.2, 0) is 0 Å². The zero-order valence-corrected chi connectivity index (χ0v) is 5.29. The number of amides is 1. The van der Waals surface area contributed by atoms with Gasteiger partial charge < -0.3 is 14.9 Å². The SMILES string of the molecule is CNC(=O)c1nocc1O. The molecule has 1 aromatic rings. The van der Waals surface area contributed by atoms with Crippen LogP contribution in [0.1, 0.15) is 10.5 Å². The lowest BCUT2D eigenvalue weighted by Crippen LogP contribution is -2.18. The molecule has 0 bridgehead atoms. The van der Waals surface area contributed by atoms with Gasteiger partial charge in [-0.05, 0) is 0 Å². The molecule has 0 unspecified atom stereocenters. The highest BCUT2D eigenvalue weighted by Gasteiger charge is 2.12. The summed E-state index contributed by atoms with van der Waals surface area (Å²) in [5.41, 5.74) is -0.0949. The maximum atomic E-state index is 10.7. The Kier molecular flexibility index (Phi) is 1.57. The quantitative estimate of drug-likeness (QED) is 0.566. The largest absolute Gasteiger partial charge is 0.503 e. The highest BCUT2D eigenvalue weighted by atomic mass is 16.5. The van der Waals surface area contributed by atoms with Crippen molar-refractivity contribution in [1.82, 2.24) is 10.5 Å². The van der Waals surface area contributed by atoms with Gasteiger partial charge in [-0.25, -0.2) is 0 Å². The topological polar surface area (TPSA) is 75.4 Å². The van der Waals surface area contributed by atoms with Crippen LogP contribution in [0.25, 0.3) is 0 Å². The number of carbonyl (C=O) groups excluding carboxylic acids is 1. The molecule has 0 aliphatic heterocycles. The van der Waals surface area contributed by atoms with E-state index in [9.17, 15) is 4.79 Å². The highest BCUT2D eigenvalue weighted by molar-refractivity contribution is 5.94. The van der Waals surface area contributed by atoms with E-state index in [-0.39, 0.29) is 11.4 Å². The van der Waals surface area contributed by atoms with E-state index >= 15 is 0 Å². The van der Waals surface area contributed by atoms with E-state index < -0.39 is 5.91 Å². The summed E-state index contributed by atoms with van der Waals surface area (Å²) >= 11 is 0. The number of nitrogens with one attached hydrogen (secondary N) is 1. The van der Waals surface area contributed by atoms with E-state index in [2.05, 4.69) is 15.0 Å². The molecule has 5 heteroatoms. The second-order valence-corrected chi connectivity index (χ2v) is 1.63. The van der Waals surface area contributed by atoms with Gasteiger partial charge in [-0.3, -0.25) is 4.79 Å². The van der Waals surface area contributed by atoms with Crippen LogP contribution in [-0.4, -0.2) is 23.2 Å². The van der Waals surface area contributed by atoms with E-state index in [0.29, 0.717) is 0 Å². The summed E-state index contributed by atoms with van der Waals surface area (Å²) in [6.07, 6.45) is 0.991. The predicted octanol–water partition coefficient (Wildman–Crippen LogP) is -0.260. The summed E-state index contributed by atoms with van der Waals surface area (Å²) in [4.78, 5) is 10.7. The van der Waals surface area contributed by atoms with Crippen molar-refractivity contribution in [2.24, 2.45) is 0 Å². The van der Waals surface area contributed by atoms with E-state index in [4.69, 9.17) is 5.11 Å². The van der Waals surface area contributed by atoms with Crippen LogP contribution in [0.5, 0.6) is 5.75 Å². The standard InChI is InChI=1S/C5H6N2O3/c1-6-5(9)4-3(8)2-10-7-4/h2,8H,1H3,(H,6,9). The van der Waals surface area contributed by atoms with Crippen molar-refractivity contribution in [3.8, 4) is 5.75 Å². The van der Waals surface area contributed by atoms with Crippen LogP contribution in [0.15, 0.2) is 10.8 Å². The molecule has 2 N–H and O–H groups in total. The van der Waals surface area contributed by atoms with Crippen LogP contribution in [0.3, 0.4) is 0 Å². The molecule has 0 saturated carbocycles. The fourth-order valence-corrected chi connectivity index (χ4v) is 0.508. The van der Waals surface area contributed by atoms with E-state index in [1.54, 1.807) is 0 Å². The van der Waals surface area contributed by atoms with Gasteiger partial charge in [-0.15, -0.1) is 0 Å². The molecule has 54 valence electrons. The molecular weight excluding hydrogens is 136 g/mol. The predicted molar refractivity (Wildman–Crippen MR) is 31.6 cm³/mol. The minimum atomic E-state index is -0.466. The number of carbonyl (C=O) groups is 1. The number of hydrogen-bond donors (Lipinski definition) is 2. The molecule has 0 fully saturated rings. The van der Waals surface area contributed by atoms with Gasteiger partial charge in [0, 0.05) is 7.05 Å². The lowest BCUT2D eigenvalue weighted by Gasteiger charge is -1.90. The van der Waals surface area contributed by atoms with Gasteiger partial charge in [0.1, 0.15) is 0 Å². The van der Waals surface area contributed by atoms with Crippen molar-refractivity contribution >= 4 is 5.91 Å². The molecule has 0 aromatic carbocycles. The Hall–Kier alpha value is -1.52. The zero-order valence-electron chi connectivity index (χ0n) is 5.29.